The molecule has 0 aromatic heterocycles. The first-order valence-electron chi connectivity index (χ1n) is 7.78. The van der Waals surface area contributed by atoms with Gasteiger partial charge in [0.15, 0.2) is 0 Å². The molecule has 1 N–H and O–H groups in total. The van der Waals surface area contributed by atoms with E-state index < -0.39 is 6.10 Å². The number of aliphatic hydroxyl groups is 1. The zero-order valence-electron chi connectivity index (χ0n) is 12.7. The number of likely N-dealkylation sites (tertiary alicyclic amines) is 1. The van der Waals surface area contributed by atoms with Crippen molar-refractivity contribution in [2.45, 2.75) is 44.8 Å². The Balaban J connectivity index is 1.81. The van der Waals surface area contributed by atoms with Crippen LogP contribution in [0.2, 0.25) is 0 Å². The van der Waals surface area contributed by atoms with Gasteiger partial charge in [-0.1, -0.05) is 19.4 Å². The average Bonchev–Trinajstić information content (AvgIpc) is 2.53. The van der Waals surface area contributed by atoms with Crippen LogP contribution in [0.15, 0.2) is 24.3 Å². The highest BCUT2D eigenvalue weighted by atomic mass is 16.5. The average molecular weight is 288 g/mol. The maximum Gasteiger partial charge on any atom is 0.120 e. The Morgan fingerprint density at radius 2 is 2.33 bits per heavy atom. The monoisotopic (exact) mass is 288 g/mol. The van der Waals surface area contributed by atoms with Crippen molar-refractivity contribution >= 4 is 0 Å². The lowest BCUT2D eigenvalue weighted by Crippen LogP contribution is -2.44. The largest absolute Gasteiger partial charge is 0.491 e. The molecule has 114 valence electrons. The SMILES string of the molecule is CCC1CCCCN1CC(O)COc1cccc(C#N)c1. The summed E-state index contributed by atoms with van der Waals surface area (Å²) in [5.74, 6) is 0.638. The highest BCUT2D eigenvalue weighted by Crippen LogP contribution is 2.20. The molecule has 4 heteroatoms. The van der Waals surface area contributed by atoms with Gasteiger partial charge in [-0.05, 0) is 44.0 Å². The first-order chi connectivity index (χ1) is 10.2. The molecule has 2 atom stereocenters. The zero-order valence-corrected chi connectivity index (χ0v) is 12.7. The molecule has 1 heterocycles. The quantitative estimate of drug-likeness (QED) is 0.874. The molecular formula is C17H24N2O2. The predicted molar refractivity (Wildman–Crippen MR) is 82.2 cm³/mol. The molecule has 2 unspecified atom stereocenters. The second-order valence-electron chi connectivity index (χ2n) is 5.66. The smallest absolute Gasteiger partial charge is 0.120 e. The molecule has 4 nitrogen and oxygen atoms in total. The number of piperidine rings is 1. The molecule has 1 saturated heterocycles. The third-order valence-electron chi connectivity index (χ3n) is 4.07. The summed E-state index contributed by atoms with van der Waals surface area (Å²) in [7, 11) is 0. The van der Waals surface area contributed by atoms with E-state index in [0.717, 1.165) is 13.0 Å². The number of aliphatic hydroxyl groups excluding tert-OH is 1. The minimum Gasteiger partial charge on any atom is -0.491 e. The predicted octanol–water partition coefficient (Wildman–Crippen LogP) is 2.56. The Morgan fingerprint density at radius 3 is 3.10 bits per heavy atom. The number of nitrogens with zero attached hydrogens (tertiary/aromatic N) is 2. The summed E-state index contributed by atoms with van der Waals surface area (Å²) >= 11 is 0. The molecular weight excluding hydrogens is 264 g/mol. The highest BCUT2D eigenvalue weighted by molar-refractivity contribution is 5.36. The maximum absolute atomic E-state index is 10.2. The van der Waals surface area contributed by atoms with Crippen molar-refractivity contribution in [1.29, 1.82) is 5.26 Å². The second kappa shape index (κ2) is 8.02. The fourth-order valence-corrected chi connectivity index (χ4v) is 2.93. The van der Waals surface area contributed by atoms with Crippen LogP contribution < -0.4 is 4.74 Å². The van der Waals surface area contributed by atoms with Crippen LogP contribution in [-0.2, 0) is 0 Å². The van der Waals surface area contributed by atoms with E-state index in [1.807, 2.05) is 6.07 Å². The highest BCUT2D eigenvalue weighted by Gasteiger charge is 2.23. The van der Waals surface area contributed by atoms with Crippen molar-refractivity contribution in [3.63, 3.8) is 0 Å². The third-order valence-corrected chi connectivity index (χ3v) is 4.07. The van der Waals surface area contributed by atoms with Crippen molar-refractivity contribution in [2.24, 2.45) is 0 Å². The molecule has 0 spiro atoms. The summed E-state index contributed by atoms with van der Waals surface area (Å²) in [6.07, 6.45) is 4.38. The fourth-order valence-electron chi connectivity index (χ4n) is 2.93. The van der Waals surface area contributed by atoms with Gasteiger partial charge in [-0.15, -0.1) is 0 Å². The van der Waals surface area contributed by atoms with Crippen LogP contribution in [0.5, 0.6) is 5.75 Å². The molecule has 1 fully saturated rings. The summed E-state index contributed by atoms with van der Waals surface area (Å²) in [6, 6.07) is 9.71. The Morgan fingerprint density at radius 1 is 1.48 bits per heavy atom. The molecule has 0 bridgehead atoms. The van der Waals surface area contributed by atoms with Gasteiger partial charge in [-0.2, -0.15) is 5.26 Å². The molecule has 0 amide bonds. The van der Waals surface area contributed by atoms with Gasteiger partial charge in [0.25, 0.3) is 0 Å². The van der Waals surface area contributed by atoms with Gasteiger partial charge in [0.1, 0.15) is 18.5 Å². The van der Waals surface area contributed by atoms with Gasteiger partial charge >= 0.3 is 0 Å². The minimum atomic E-state index is -0.497. The van der Waals surface area contributed by atoms with E-state index >= 15 is 0 Å². The van der Waals surface area contributed by atoms with Crippen LogP contribution in [0.4, 0.5) is 0 Å². The first kappa shape index (κ1) is 15.8. The van der Waals surface area contributed by atoms with Crippen LogP contribution in [0.25, 0.3) is 0 Å². The normalized spacial score (nSPS) is 20.7. The van der Waals surface area contributed by atoms with Gasteiger partial charge in [0.2, 0.25) is 0 Å². The van der Waals surface area contributed by atoms with E-state index in [1.54, 1.807) is 18.2 Å². The minimum absolute atomic E-state index is 0.266. The number of hydrogen-bond acceptors (Lipinski definition) is 4. The van der Waals surface area contributed by atoms with Gasteiger partial charge < -0.3 is 9.84 Å². The molecule has 1 aromatic carbocycles. The Hall–Kier alpha value is -1.57. The van der Waals surface area contributed by atoms with E-state index in [0.29, 0.717) is 23.9 Å². The lowest BCUT2D eigenvalue weighted by molar-refractivity contribution is 0.0387. The van der Waals surface area contributed by atoms with Crippen LogP contribution in [0.1, 0.15) is 38.2 Å². The van der Waals surface area contributed by atoms with Crippen molar-refractivity contribution in [2.75, 3.05) is 19.7 Å². The second-order valence-corrected chi connectivity index (χ2v) is 5.66. The molecule has 0 saturated carbocycles. The fraction of sp³-hybridized carbons (Fsp3) is 0.588. The lowest BCUT2D eigenvalue weighted by atomic mass is 10.00. The molecule has 1 aliphatic heterocycles. The molecule has 2 rings (SSSR count). The molecule has 0 radical (unpaired) electrons. The van der Waals surface area contributed by atoms with E-state index in [4.69, 9.17) is 10.00 Å². The molecule has 21 heavy (non-hydrogen) atoms. The molecule has 1 aromatic rings. The van der Waals surface area contributed by atoms with Gasteiger partial charge in [-0.3, -0.25) is 4.90 Å². The van der Waals surface area contributed by atoms with E-state index in [9.17, 15) is 5.11 Å². The summed E-state index contributed by atoms with van der Waals surface area (Å²) in [6.45, 7) is 4.21. The number of rotatable bonds is 6. The number of ether oxygens (including phenoxy) is 1. The zero-order chi connectivity index (χ0) is 15.1. The summed E-state index contributed by atoms with van der Waals surface area (Å²) in [5.41, 5.74) is 0.573. The van der Waals surface area contributed by atoms with Crippen molar-refractivity contribution < 1.29 is 9.84 Å². The van der Waals surface area contributed by atoms with E-state index in [2.05, 4.69) is 17.9 Å². The summed E-state index contributed by atoms with van der Waals surface area (Å²) in [5, 5.41) is 19.0. The number of benzene rings is 1. The van der Waals surface area contributed by atoms with Crippen LogP contribution in [-0.4, -0.2) is 41.8 Å². The Kier molecular flexibility index (Phi) is 6.04. The van der Waals surface area contributed by atoms with Crippen LogP contribution in [0, 0.1) is 11.3 Å². The first-order valence-corrected chi connectivity index (χ1v) is 7.78. The number of β-amino-alcohol motifs (C(OH)–C–C–N with tert-alkyl or cyclic N) is 1. The van der Waals surface area contributed by atoms with Crippen LogP contribution in [0.3, 0.4) is 0 Å². The van der Waals surface area contributed by atoms with Crippen molar-refractivity contribution in [3.05, 3.63) is 29.8 Å². The summed E-state index contributed by atoms with van der Waals surface area (Å²) < 4.78 is 5.59. The summed E-state index contributed by atoms with van der Waals surface area (Å²) in [4.78, 5) is 2.38. The van der Waals surface area contributed by atoms with Crippen LogP contribution >= 0.6 is 0 Å². The maximum atomic E-state index is 10.2. The van der Waals surface area contributed by atoms with Gasteiger partial charge in [0, 0.05) is 12.6 Å². The van der Waals surface area contributed by atoms with Gasteiger partial charge in [0.05, 0.1) is 11.6 Å². The number of nitriles is 1. The van der Waals surface area contributed by atoms with E-state index in [1.165, 1.54) is 19.3 Å². The number of hydrogen-bond donors (Lipinski definition) is 1. The molecule has 0 aliphatic carbocycles. The van der Waals surface area contributed by atoms with Gasteiger partial charge in [-0.25, -0.2) is 0 Å². The topological polar surface area (TPSA) is 56.5 Å². The van der Waals surface area contributed by atoms with Crippen molar-refractivity contribution in [3.8, 4) is 11.8 Å². The molecule has 1 aliphatic rings. The third kappa shape index (κ3) is 4.73. The Labute approximate surface area is 127 Å². The standard InChI is InChI=1S/C17H24N2O2/c1-2-15-7-3-4-9-19(15)12-16(20)13-21-17-8-5-6-14(10-17)11-18/h5-6,8,10,15-16,20H,2-4,7,9,12-13H2,1H3. The van der Waals surface area contributed by atoms with E-state index in [-0.39, 0.29) is 6.61 Å². The van der Waals surface area contributed by atoms with Crippen molar-refractivity contribution in [1.82, 2.24) is 4.90 Å². The Bertz CT molecular complexity index is 484. The lowest BCUT2D eigenvalue weighted by Gasteiger charge is -2.36.